The first-order valence-electron chi connectivity index (χ1n) is 8.04. The molecule has 1 aromatic carbocycles. The monoisotopic (exact) mass is 400 g/mol. The zero-order valence-corrected chi connectivity index (χ0v) is 16.6. The zero-order chi connectivity index (χ0) is 19.5. The molecule has 0 radical (unpaired) electrons. The van der Waals surface area contributed by atoms with Crippen molar-refractivity contribution >= 4 is 28.3 Å². The van der Waals surface area contributed by atoms with Crippen LogP contribution in [0.15, 0.2) is 24.5 Å². The van der Waals surface area contributed by atoms with E-state index in [1.54, 1.807) is 6.07 Å². The average Bonchev–Trinajstić information content (AvgIpc) is 2.57. The van der Waals surface area contributed by atoms with Crippen molar-refractivity contribution < 1.29 is 13.3 Å². The number of ether oxygens (including phenoxy) is 1. The summed E-state index contributed by atoms with van der Waals surface area (Å²) in [6, 6.07) is 2.53. The number of rotatable bonds is 6. The van der Waals surface area contributed by atoms with Gasteiger partial charge in [0.2, 0.25) is 0 Å². The van der Waals surface area contributed by atoms with Crippen molar-refractivity contribution in [2.75, 3.05) is 5.73 Å². The Bertz CT molecular complexity index is 797. The highest BCUT2D eigenvalue weighted by Gasteiger charge is 2.26. The Labute approximate surface area is 159 Å². The summed E-state index contributed by atoms with van der Waals surface area (Å²) < 4.78 is 35.3. The van der Waals surface area contributed by atoms with Gasteiger partial charge in [-0.15, -0.1) is 0 Å². The van der Waals surface area contributed by atoms with E-state index in [0.717, 1.165) is 0 Å². The van der Waals surface area contributed by atoms with E-state index in [4.69, 9.17) is 22.1 Å². The summed E-state index contributed by atoms with van der Waals surface area (Å²) in [5.41, 5.74) is 6.19. The molecular weight excluding hydrogens is 379 g/mol. The van der Waals surface area contributed by atoms with Crippen molar-refractivity contribution in [3.63, 3.8) is 0 Å². The van der Waals surface area contributed by atoms with Crippen molar-refractivity contribution in [1.82, 2.24) is 14.7 Å². The van der Waals surface area contributed by atoms with Crippen LogP contribution < -0.4 is 15.2 Å². The minimum atomic E-state index is -1.36. The minimum absolute atomic E-state index is 0.0728. The molecular formula is C17H22ClFN4O2S. The molecule has 2 rings (SSSR count). The molecule has 0 unspecified atom stereocenters. The van der Waals surface area contributed by atoms with Crippen LogP contribution in [-0.4, -0.2) is 18.9 Å². The number of nitrogens with two attached hydrogens (primary N) is 1. The largest absolute Gasteiger partial charge is 0.420 e. The molecule has 0 amide bonds. The van der Waals surface area contributed by atoms with Crippen LogP contribution in [0, 0.1) is 5.82 Å². The van der Waals surface area contributed by atoms with Gasteiger partial charge >= 0.3 is 6.01 Å². The van der Waals surface area contributed by atoms with Crippen molar-refractivity contribution in [1.29, 1.82) is 0 Å². The number of hydrogen-bond donors (Lipinski definition) is 2. The van der Waals surface area contributed by atoms with E-state index in [9.17, 15) is 4.21 Å². The van der Waals surface area contributed by atoms with E-state index in [0.29, 0.717) is 17.7 Å². The molecule has 9 heteroatoms. The highest BCUT2D eigenvalue weighted by Crippen LogP contribution is 2.36. The Kier molecular flexibility index (Phi) is 6.54. The Hall–Kier alpha value is -1.77. The highest BCUT2D eigenvalue weighted by atomic mass is 35.5. The maximum Gasteiger partial charge on any atom is 0.322 e. The van der Waals surface area contributed by atoms with Gasteiger partial charge in [0, 0.05) is 11.6 Å². The van der Waals surface area contributed by atoms with Crippen LogP contribution in [0.2, 0.25) is 5.02 Å². The van der Waals surface area contributed by atoms with Gasteiger partial charge in [-0.2, -0.15) is 0 Å². The normalized spacial score (nSPS) is 14.1. The van der Waals surface area contributed by atoms with E-state index in [2.05, 4.69) is 14.7 Å². The molecule has 0 fully saturated rings. The van der Waals surface area contributed by atoms with E-state index in [1.165, 1.54) is 18.5 Å². The second-order valence-corrected chi connectivity index (χ2v) is 9.05. The molecule has 0 spiro atoms. The molecule has 1 aromatic heterocycles. The van der Waals surface area contributed by atoms with Gasteiger partial charge in [-0.25, -0.2) is 23.3 Å². The molecule has 2 atom stereocenters. The predicted octanol–water partition coefficient (Wildman–Crippen LogP) is 4.15. The van der Waals surface area contributed by atoms with Crippen molar-refractivity contribution in [2.45, 2.75) is 44.9 Å². The molecule has 0 saturated heterocycles. The van der Waals surface area contributed by atoms with Gasteiger partial charge in [0.05, 0.1) is 38.8 Å². The Morgan fingerprint density at radius 2 is 1.96 bits per heavy atom. The number of nitrogens with zero attached hydrogens (tertiary/aromatic N) is 2. The molecule has 0 aliphatic carbocycles. The van der Waals surface area contributed by atoms with Crippen LogP contribution in [0.5, 0.6) is 11.8 Å². The number of nitrogens with one attached hydrogen (secondary N) is 1. The third-order valence-corrected chi connectivity index (χ3v) is 5.42. The van der Waals surface area contributed by atoms with Gasteiger partial charge in [-0.3, -0.25) is 0 Å². The second-order valence-electron chi connectivity index (χ2n) is 6.64. The summed E-state index contributed by atoms with van der Waals surface area (Å²) in [6.45, 7) is 7.39. The van der Waals surface area contributed by atoms with E-state index in [1.807, 2.05) is 27.7 Å². The summed E-state index contributed by atoms with van der Waals surface area (Å²) in [4.78, 5) is 7.77. The average molecular weight is 401 g/mol. The Balaban J connectivity index is 2.35. The molecule has 2 aromatic rings. The van der Waals surface area contributed by atoms with Gasteiger partial charge in [0.25, 0.3) is 0 Å². The smallest absolute Gasteiger partial charge is 0.322 e. The van der Waals surface area contributed by atoms with Gasteiger partial charge in [-0.05, 0) is 33.3 Å². The van der Waals surface area contributed by atoms with Crippen LogP contribution in [0.3, 0.4) is 0 Å². The highest BCUT2D eigenvalue weighted by molar-refractivity contribution is 7.84. The topological polar surface area (TPSA) is 90.1 Å². The fraction of sp³-hybridized carbons (Fsp3) is 0.412. The number of halogens is 2. The Morgan fingerprint density at radius 1 is 1.35 bits per heavy atom. The van der Waals surface area contributed by atoms with Gasteiger partial charge in [0.1, 0.15) is 0 Å². The molecule has 26 heavy (non-hydrogen) atoms. The van der Waals surface area contributed by atoms with Crippen LogP contribution in [0.1, 0.15) is 45.7 Å². The predicted molar refractivity (Wildman–Crippen MR) is 102 cm³/mol. The van der Waals surface area contributed by atoms with Gasteiger partial charge in [-0.1, -0.05) is 24.6 Å². The summed E-state index contributed by atoms with van der Waals surface area (Å²) in [7, 11) is -1.36. The second kappa shape index (κ2) is 8.28. The van der Waals surface area contributed by atoms with E-state index in [-0.39, 0.29) is 16.8 Å². The number of benzene rings is 1. The van der Waals surface area contributed by atoms with E-state index < -0.39 is 27.6 Å². The number of hydrogen-bond acceptors (Lipinski definition) is 5. The molecule has 0 saturated carbocycles. The lowest BCUT2D eigenvalue weighted by Gasteiger charge is -2.24. The molecule has 0 aliphatic heterocycles. The molecule has 142 valence electrons. The SMILES string of the molecule is CC[C@@H](N[S@](=O)C(C)(C)C)c1ccc(Cl)c(Oc2ncc(N)cn2)c1F. The first-order valence-corrected chi connectivity index (χ1v) is 9.57. The fourth-order valence-electron chi connectivity index (χ4n) is 2.05. The van der Waals surface area contributed by atoms with Crippen molar-refractivity contribution in [3.8, 4) is 11.8 Å². The summed E-state index contributed by atoms with van der Waals surface area (Å²) in [6.07, 6.45) is 3.22. The Morgan fingerprint density at radius 3 is 2.50 bits per heavy atom. The first kappa shape index (κ1) is 20.5. The third kappa shape index (κ3) is 4.90. The molecule has 0 bridgehead atoms. The summed E-state index contributed by atoms with van der Waals surface area (Å²) in [5, 5.41) is 0.0819. The van der Waals surface area contributed by atoms with Crippen LogP contribution >= 0.6 is 11.6 Å². The summed E-state index contributed by atoms with van der Waals surface area (Å²) in [5.74, 6) is -0.834. The van der Waals surface area contributed by atoms with Crippen molar-refractivity contribution in [3.05, 3.63) is 40.9 Å². The van der Waals surface area contributed by atoms with Crippen LogP contribution in [-0.2, 0) is 11.0 Å². The van der Waals surface area contributed by atoms with Crippen LogP contribution in [0.4, 0.5) is 10.1 Å². The fourth-order valence-corrected chi connectivity index (χ4v) is 3.14. The van der Waals surface area contributed by atoms with E-state index >= 15 is 4.39 Å². The minimum Gasteiger partial charge on any atom is -0.420 e. The first-order chi connectivity index (χ1) is 12.1. The quantitative estimate of drug-likeness (QED) is 0.760. The standard InChI is InChI=1S/C17H22ClFN4O2S/c1-5-13(23-26(24)17(2,3)4)11-6-7-12(18)15(14(11)19)25-16-21-8-10(20)9-22-16/h6-9,13,23H,5,20H2,1-4H3/t13-,26-/m1/s1. The number of nitrogen functional groups attached to an aromatic ring is 1. The number of aromatic nitrogens is 2. The molecule has 3 N–H and O–H groups in total. The molecule has 0 aliphatic rings. The molecule has 6 nitrogen and oxygen atoms in total. The van der Waals surface area contributed by atoms with Crippen LogP contribution in [0.25, 0.3) is 0 Å². The lowest BCUT2D eigenvalue weighted by Crippen LogP contribution is -2.35. The summed E-state index contributed by atoms with van der Waals surface area (Å²) >= 11 is 6.08. The van der Waals surface area contributed by atoms with Crippen molar-refractivity contribution in [2.24, 2.45) is 0 Å². The van der Waals surface area contributed by atoms with Gasteiger partial charge in [0.15, 0.2) is 11.6 Å². The maximum absolute atomic E-state index is 15.1. The maximum atomic E-state index is 15.1. The molecule has 1 heterocycles. The number of anilines is 1. The van der Waals surface area contributed by atoms with Gasteiger partial charge < -0.3 is 10.5 Å². The third-order valence-electron chi connectivity index (χ3n) is 3.51. The lowest BCUT2D eigenvalue weighted by molar-refractivity contribution is 0.404. The lowest BCUT2D eigenvalue weighted by atomic mass is 10.0. The zero-order valence-electron chi connectivity index (χ0n) is 15.0.